The Morgan fingerprint density at radius 2 is 1.70 bits per heavy atom. The fourth-order valence-electron chi connectivity index (χ4n) is 8.13. The summed E-state index contributed by atoms with van der Waals surface area (Å²) >= 11 is 0. The number of rotatable bonds is 7. The van der Waals surface area contributed by atoms with Gasteiger partial charge >= 0.3 is 11.7 Å². The zero-order valence-corrected chi connectivity index (χ0v) is 23.4. The van der Waals surface area contributed by atoms with Gasteiger partial charge in [0, 0.05) is 32.1 Å². The lowest BCUT2D eigenvalue weighted by molar-refractivity contribution is -0.152. The first-order valence-corrected chi connectivity index (χ1v) is 14.6. The van der Waals surface area contributed by atoms with E-state index in [2.05, 4.69) is 6.92 Å². The molecular weight excluding hydrogens is 516 g/mol. The van der Waals surface area contributed by atoms with E-state index >= 15 is 0 Å². The van der Waals surface area contributed by atoms with E-state index in [0.29, 0.717) is 70.7 Å². The number of ether oxygens (including phenoxy) is 1. The average molecular weight is 557 g/mol. The Morgan fingerprint density at radius 3 is 2.25 bits per heavy atom. The van der Waals surface area contributed by atoms with Gasteiger partial charge < -0.3 is 20.5 Å². The Hall–Kier alpha value is -3.15. The van der Waals surface area contributed by atoms with Crippen LogP contribution in [0.5, 0.6) is 5.88 Å². The van der Waals surface area contributed by atoms with Crippen molar-refractivity contribution >= 4 is 17.8 Å². The van der Waals surface area contributed by atoms with Crippen molar-refractivity contribution in [2.75, 3.05) is 26.8 Å². The van der Waals surface area contributed by atoms with Crippen LogP contribution in [-0.2, 0) is 16.1 Å². The number of hydrogen-bond donors (Lipinski definition) is 3. The zero-order valence-electron chi connectivity index (χ0n) is 23.4. The van der Waals surface area contributed by atoms with Crippen molar-refractivity contribution in [2.45, 2.75) is 82.8 Å². The largest absolute Gasteiger partial charge is 0.494 e. The summed E-state index contributed by atoms with van der Waals surface area (Å²) < 4.78 is 7.73. The number of carbonyl (C=O) groups is 2. The minimum atomic E-state index is -0.808. The van der Waals surface area contributed by atoms with Crippen molar-refractivity contribution in [1.82, 2.24) is 18.9 Å². The third-order valence-corrected chi connectivity index (χ3v) is 10.6. The van der Waals surface area contributed by atoms with E-state index < -0.39 is 28.5 Å². The summed E-state index contributed by atoms with van der Waals surface area (Å²) in [4.78, 5) is 56.1. The molecule has 3 saturated carbocycles. The molecule has 12 heteroatoms. The predicted octanol–water partition coefficient (Wildman–Crippen LogP) is 1.61. The van der Waals surface area contributed by atoms with Crippen molar-refractivity contribution in [3.8, 4) is 5.88 Å². The molecule has 0 aromatic carbocycles. The number of hydrogen-bond acceptors (Lipinski definition) is 7. The van der Waals surface area contributed by atoms with Crippen LogP contribution in [0, 0.1) is 28.6 Å². The molecule has 3 amide bonds. The Bertz CT molecular complexity index is 1360. The average Bonchev–Trinajstić information content (AvgIpc) is 3.01. The van der Waals surface area contributed by atoms with Crippen molar-refractivity contribution < 1.29 is 19.4 Å². The van der Waals surface area contributed by atoms with E-state index in [1.54, 1.807) is 11.9 Å². The first-order valence-electron chi connectivity index (χ1n) is 14.6. The van der Waals surface area contributed by atoms with E-state index in [1.807, 2.05) is 0 Å². The summed E-state index contributed by atoms with van der Waals surface area (Å²) in [6.07, 6.45) is 6.72. The maximum Gasteiger partial charge on any atom is 0.334 e. The maximum atomic E-state index is 13.6. The molecule has 3 aliphatic carbocycles. The van der Waals surface area contributed by atoms with E-state index in [9.17, 15) is 24.3 Å². The van der Waals surface area contributed by atoms with E-state index in [-0.39, 0.29) is 40.8 Å². The minimum absolute atomic E-state index is 0.129. The molecule has 5 aliphatic rings. The first-order chi connectivity index (χ1) is 19.0. The number of nitrogens with two attached hydrogens (primary N) is 1. The molecule has 6 rings (SSSR count). The smallest absolute Gasteiger partial charge is 0.334 e. The van der Waals surface area contributed by atoms with Crippen molar-refractivity contribution in [3.63, 3.8) is 0 Å². The van der Waals surface area contributed by atoms with Crippen LogP contribution in [-0.4, -0.2) is 74.2 Å². The number of amidine groups is 1. The van der Waals surface area contributed by atoms with Gasteiger partial charge in [-0.15, -0.1) is 0 Å². The summed E-state index contributed by atoms with van der Waals surface area (Å²) in [7, 11) is 1.55. The highest BCUT2D eigenvalue weighted by molar-refractivity contribution is 6.07. The van der Waals surface area contributed by atoms with Gasteiger partial charge in [-0.3, -0.25) is 29.0 Å². The van der Waals surface area contributed by atoms with Crippen LogP contribution >= 0.6 is 0 Å². The molecule has 2 aliphatic heterocycles. The van der Waals surface area contributed by atoms with Gasteiger partial charge in [0.15, 0.2) is 0 Å². The number of imide groups is 1. The monoisotopic (exact) mass is 556 g/mol. The van der Waals surface area contributed by atoms with Crippen LogP contribution in [0.4, 0.5) is 4.79 Å². The molecular formula is C28H40N6O6. The third-order valence-electron chi connectivity index (χ3n) is 10.6. The van der Waals surface area contributed by atoms with E-state index in [1.165, 1.54) is 14.0 Å². The standard InChI is InChI=1S/C28H40N6O6/c1-3-16-8-17(9-16)10-32-22(35)20(21(29)30)23(36)34(26(32)39)19-4-6-27(7-5-19)14-28(15-27)24(37)31(2)25(38)33(28)11-18-12-40-13-18/h16-19,35H,3-15H2,1-2H3,(H3,29,30). The number of likely N-dealkylation sites (N-methyl/N-ethyl adjacent to an activating group) is 1. The Balaban J connectivity index is 1.21. The second kappa shape index (κ2) is 9.46. The molecule has 0 unspecified atom stereocenters. The topological polar surface area (TPSA) is 164 Å². The lowest BCUT2D eigenvalue weighted by Crippen LogP contribution is -2.65. The summed E-state index contributed by atoms with van der Waals surface area (Å²) in [5.74, 6) is -0.114. The predicted molar refractivity (Wildman–Crippen MR) is 145 cm³/mol. The number of aromatic hydroxyl groups is 1. The van der Waals surface area contributed by atoms with Crippen LogP contribution in [0.1, 0.15) is 76.3 Å². The molecule has 40 heavy (non-hydrogen) atoms. The minimum Gasteiger partial charge on any atom is -0.494 e. The molecule has 1 aromatic rings. The fourth-order valence-corrected chi connectivity index (χ4v) is 8.13. The summed E-state index contributed by atoms with van der Waals surface area (Å²) in [5, 5.41) is 18.8. The highest BCUT2D eigenvalue weighted by Gasteiger charge is 2.68. The van der Waals surface area contributed by atoms with Gasteiger partial charge in [0.1, 0.15) is 16.9 Å². The molecule has 12 nitrogen and oxygen atoms in total. The number of aromatic nitrogens is 2. The number of nitrogens with one attached hydrogen (secondary N) is 1. The van der Waals surface area contributed by atoms with Gasteiger partial charge in [-0.2, -0.15) is 0 Å². The zero-order chi connectivity index (χ0) is 28.6. The van der Waals surface area contributed by atoms with Crippen LogP contribution in [0.15, 0.2) is 9.59 Å². The number of amides is 3. The molecule has 0 atom stereocenters. The van der Waals surface area contributed by atoms with Gasteiger partial charge in [-0.1, -0.05) is 13.3 Å². The second-order valence-electron chi connectivity index (χ2n) is 13.1. The third kappa shape index (κ3) is 3.93. The molecule has 2 spiro atoms. The first kappa shape index (κ1) is 27.0. The van der Waals surface area contributed by atoms with Gasteiger partial charge in [-0.25, -0.2) is 9.59 Å². The second-order valence-corrected chi connectivity index (χ2v) is 13.1. The van der Waals surface area contributed by atoms with Crippen molar-refractivity contribution in [2.24, 2.45) is 28.9 Å². The summed E-state index contributed by atoms with van der Waals surface area (Å²) in [6, 6.07) is -0.631. The molecule has 1 aromatic heterocycles. The Morgan fingerprint density at radius 1 is 1.05 bits per heavy atom. The lowest BCUT2D eigenvalue weighted by atomic mass is 9.51. The number of carbonyl (C=O) groups excluding carboxylic acids is 2. The van der Waals surface area contributed by atoms with Crippen LogP contribution in [0.3, 0.4) is 0 Å². The van der Waals surface area contributed by atoms with Crippen molar-refractivity contribution in [1.29, 1.82) is 5.41 Å². The van der Waals surface area contributed by atoms with E-state index in [0.717, 1.165) is 19.3 Å². The molecule has 2 saturated heterocycles. The Labute approximate surface area is 232 Å². The molecule has 4 N–H and O–H groups in total. The molecule has 0 bridgehead atoms. The fraction of sp³-hybridized carbons (Fsp3) is 0.750. The highest BCUT2D eigenvalue weighted by Crippen LogP contribution is 2.62. The summed E-state index contributed by atoms with van der Waals surface area (Å²) in [6.45, 7) is 4.16. The number of nitrogens with zero attached hydrogens (tertiary/aromatic N) is 4. The van der Waals surface area contributed by atoms with Gasteiger partial charge in [-0.05, 0) is 68.6 Å². The lowest BCUT2D eigenvalue weighted by Gasteiger charge is -2.58. The molecule has 218 valence electrons. The maximum absolute atomic E-state index is 13.6. The summed E-state index contributed by atoms with van der Waals surface area (Å²) in [5.41, 5.74) is 3.19. The Kier molecular flexibility index (Phi) is 6.39. The van der Waals surface area contributed by atoms with Crippen LogP contribution in [0.25, 0.3) is 0 Å². The van der Waals surface area contributed by atoms with Crippen molar-refractivity contribution in [3.05, 3.63) is 26.4 Å². The van der Waals surface area contributed by atoms with Crippen LogP contribution < -0.4 is 17.0 Å². The highest BCUT2D eigenvalue weighted by atomic mass is 16.5. The molecule has 3 heterocycles. The van der Waals surface area contributed by atoms with E-state index in [4.69, 9.17) is 15.9 Å². The quantitative estimate of drug-likeness (QED) is 0.261. The number of urea groups is 1. The molecule has 0 radical (unpaired) electrons. The number of nitrogen functional groups attached to an aromatic ring is 1. The van der Waals surface area contributed by atoms with Gasteiger partial charge in [0.05, 0.1) is 13.2 Å². The normalized spacial score (nSPS) is 33.8. The van der Waals surface area contributed by atoms with Crippen LogP contribution in [0.2, 0.25) is 0 Å². The van der Waals surface area contributed by atoms with Gasteiger partial charge in [0.25, 0.3) is 11.5 Å². The SMILES string of the molecule is CCC1CC(Cn2c(O)c(C(=N)N)c(=O)n(C3CCC4(CC3)CC3(C4)C(=O)N(C)C(=O)N3CC3COC3)c2=O)C1. The van der Waals surface area contributed by atoms with Gasteiger partial charge in [0.2, 0.25) is 5.88 Å². The molecule has 5 fully saturated rings.